The van der Waals surface area contributed by atoms with E-state index >= 15 is 0 Å². The summed E-state index contributed by atoms with van der Waals surface area (Å²) in [6, 6.07) is 10.7. The zero-order valence-electron chi connectivity index (χ0n) is 13.5. The van der Waals surface area contributed by atoms with Gasteiger partial charge in [-0.25, -0.2) is 0 Å². The van der Waals surface area contributed by atoms with E-state index in [1.54, 1.807) is 42.3 Å². The second kappa shape index (κ2) is 5.95. The molecule has 2 heterocycles. The fourth-order valence-electron chi connectivity index (χ4n) is 2.48. The van der Waals surface area contributed by atoms with Gasteiger partial charge in [-0.3, -0.25) is 9.69 Å². The van der Waals surface area contributed by atoms with E-state index in [4.69, 9.17) is 21.9 Å². The molecule has 5 nitrogen and oxygen atoms in total. The number of benzene rings is 1. The van der Waals surface area contributed by atoms with Crippen molar-refractivity contribution in [1.29, 1.82) is 5.26 Å². The molecule has 0 N–H and O–H groups in total. The molecule has 0 unspecified atom stereocenters. The van der Waals surface area contributed by atoms with Gasteiger partial charge in [-0.2, -0.15) is 5.26 Å². The average Bonchev–Trinajstić information content (AvgIpc) is 2.99. The maximum Gasteiger partial charge on any atom is 0.281 e. The van der Waals surface area contributed by atoms with Gasteiger partial charge < -0.3 is 9.32 Å². The number of anilines is 1. The standard InChI is InChI=1S/C18H15N3O2S/c1-11-8-15(23-12(11)2)9-16-17(22)21(18(24)20(16)3)14-6-4-13(10-19)5-7-14/h4-9H,1-3H3/b16-9+. The molecular formula is C18H15N3O2S. The number of hydrogen-bond donors (Lipinski definition) is 0. The second-order valence-electron chi connectivity index (χ2n) is 5.56. The summed E-state index contributed by atoms with van der Waals surface area (Å²) in [7, 11) is 1.75. The number of thiocarbonyl (C=S) groups is 1. The Hall–Kier alpha value is -2.91. The van der Waals surface area contributed by atoms with Crippen molar-refractivity contribution in [2.24, 2.45) is 0 Å². The van der Waals surface area contributed by atoms with Crippen molar-refractivity contribution < 1.29 is 9.21 Å². The Balaban J connectivity index is 1.98. The summed E-state index contributed by atoms with van der Waals surface area (Å²) in [4.78, 5) is 15.9. The van der Waals surface area contributed by atoms with E-state index in [1.807, 2.05) is 19.9 Å². The van der Waals surface area contributed by atoms with E-state index in [9.17, 15) is 4.79 Å². The highest BCUT2D eigenvalue weighted by atomic mass is 32.1. The minimum absolute atomic E-state index is 0.223. The molecule has 0 atom stereocenters. The van der Waals surface area contributed by atoms with E-state index in [0.29, 0.717) is 27.8 Å². The molecule has 0 radical (unpaired) electrons. The fourth-order valence-corrected chi connectivity index (χ4v) is 2.76. The molecule has 1 aliphatic rings. The molecule has 1 aromatic carbocycles. The lowest BCUT2D eigenvalue weighted by Gasteiger charge is -2.16. The lowest BCUT2D eigenvalue weighted by Crippen LogP contribution is -2.31. The van der Waals surface area contributed by atoms with Gasteiger partial charge in [0.25, 0.3) is 5.91 Å². The van der Waals surface area contributed by atoms with Crippen LogP contribution in [0.15, 0.2) is 40.4 Å². The van der Waals surface area contributed by atoms with Gasteiger partial charge in [-0.1, -0.05) is 0 Å². The second-order valence-corrected chi connectivity index (χ2v) is 5.92. The highest BCUT2D eigenvalue weighted by molar-refractivity contribution is 7.80. The van der Waals surface area contributed by atoms with Crippen molar-refractivity contribution in [3.05, 3.63) is 58.7 Å². The van der Waals surface area contributed by atoms with Gasteiger partial charge in [-0.15, -0.1) is 0 Å². The van der Waals surface area contributed by atoms with Gasteiger partial charge >= 0.3 is 0 Å². The van der Waals surface area contributed by atoms with Crippen LogP contribution >= 0.6 is 12.2 Å². The van der Waals surface area contributed by atoms with Crippen LogP contribution in [0, 0.1) is 25.2 Å². The van der Waals surface area contributed by atoms with E-state index < -0.39 is 0 Å². The number of hydrogen-bond acceptors (Lipinski definition) is 4. The maximum atomic E-state index is 12.8. The smallest absolute Gasteiger partial charge is 0.281 e. The van der Waals surface area contributed by atoms with Crippen LogP contribution in [0.25, 0.3) is 6.08 Å². The average molecular weight is 337 g/mol. The van der Waals surface area contributed by atoms with E-state index in [0.717, 1.165) is 11.3 Å². The van der Waals surface area contributed by atoms with Crippen molar-refractivity contribution in [3.63, 3.8) is 0 Å². The summed E-state index contributed by atoms with van der Waals surface area (Å²) in [6.07, 6.45) is 1.69. The third-order valence-corrected chi connectivity index (χ3v) is 4.44. The lowest BCUT2D eigenvalue weighted by atomic mass is 10.2. The third-order valence-electron chi connectivity index (χ3n) is 3.98. The number of carbonyl (C=O) groups excluding carboxylic acids is 1. The first kappa shape index (κ1) is 16.0. The third kappa shape index (κ3) is 2.59. The normalized spacial score (nSPS) is 16.2. The zero-order chi connectivity index (χ0) is 17.4. The summed E-state index contributed by atoms with van der Waals surface area (Å²) in [5.74, 6) is 1.21. The molecule has 1 saturated heterocycles. The summed E-state index contributed by atoms with van der Waals surface area (Å²) in [6.45, 7) is 3.83. The molecule has 0 saturated carbocycles. The molecule has 2 aromatic rings. The molecule has 0 aliphatic carbocycles. The maximum absolute atomic E-state index is 12.8. The monoisotopic (exact) mass is 337 g/mol. The molecular weight excluding hydrogens is 322 g/mol. The van der Waals surface area contributed by atoms with Crippen LogP contribution in [0.5, 0.6) is 0 Å². The molecule has 1 fully saturated rings. The quantitative estimate of drug-likeness (QED) is 0.621. The van der Waals surface area contributed by atoms with Crippen molar-refractivity contribution >= 4 is 35.0 Å². The number of likely N-dealkylation sites (N-methyl/N-ethyl adjacent to an activating group) is 1. The number of nitrogens with zero attached hydrogens (tertiary/aromatic N) is 3. The van der Waals surface area contributed by atoms with Crippen LogP contribution in [0.4, 0.5) is 5.69 Å². The highest BCUT2D eigenvalue weighted by Crippen LogP contribution is 2.28. The number of furan rings is 1. The molecule has 6 heteroatoms. The Morgan fingerprint density at radius 3 is 2.46 bits per heavy atom. The van der Waals surface area contributed by atoms with Crippen LogP contribution in [-0.2, 0) is 4.79 Å². The van der Waals surface area contributed by atoms with Gasteiger partial charge in [0, 0.05) is 13.1 Å². The van der Waals surface area contributed by atoms with E-state index in [2.05, 4.69) is 6.07 Å². The Kier molecular flexibility index (Phi) is 3.96. The number of rotatable bonds is 2. The van der Waals surface area contributed by atoms with Gasteiger partial charge in [0.15, 0.2) is 5.11 Å². The molecule has 3 rings (SSSR count). The lowest BCUT2D eigenvalue weighted by molar-refractivity contribution is -0.114. The number of amides is 1. The highest BCUT2D eigenvalue weighted by Gasteiger charge is 2.37. The predicted octanol–water partition coefficient (Wildman–Crippen LogP) is 3.37. The first-order chi connectivity index (χ1) is 11.4. The molecule has 1 aliphatic heterocycles. The van der Waals surface area contributed by atoms with Crippen molar-refractivity contribution in [2.75, 3.05) is 11.9 Å². The zero-order valence-corrected chi connectivity index (χ0v) is 14.3. The molecule has 1 aromatic heterocycles. The fraction of sp³-hybridized carbons (Fsp3) is 0.167. The molecule has 24 heavy (non-hydrogen) atoms. The van der Waals surface area contributed by atoms with E-state index in [-0.39, 0.29) is 5.91 Å². The van der Waals surface area contributed by atoms with Gasteiger partial charge in [0.2, 0.25) is 0 Å². The number of carbonyl (C=O) groups is 1. The first-order valence-electron chi connectivity index (χ1n) is 7.33. The summed E-state index contributed by atoms with van der Waals surface area (Å²) in [5.41, 5.74) is 2.63. The Morgan fingerprint density at radius 2 is 1.92 bits per heavy atom. The van der Waals surface area contributed by atoms with Crippen molar-refractivity contribution in [1.82, 2.24) is 4.90 Å². The topological polar surface area (TPSA) is 60.5 Å². The molecule has 0 bridgehead atoms. The number of nitriles is 1. The molecule has 120 valence electrons. The van der Waals surface area contributed by atoms with Crippen molar-refractivity contribution in [3.8, 4) is 6.07 Å². The van der Waals surface area contributed by atoms with Crippen LogP contribution < -0.4 is 4.90 Å². The minimum Gasteiger partial charge on any atom is -0.462 e. The Bertz CT molecular complexity index is 884. The largest absolute Gasteiger partial charge is 0.462 e. The number of aryl methyl sites for hydroxylation is 2. The molecule has 1 amide bonds. The van der Waals surface area contributed by atoms with Gasteiger partial charge in [-0.05, 0) is 62.0 Å². The summed E-state index contributed by atoms with van der Waals surface area (Å²) >= 11 is 5.40. The Labute approximate surface area is 145 Å². The van der Waals surface area contributed by atoms with Crippen molar-refractivity contribution in [2.45, 2.75) is 13.8 Å². The van der Waals surface area contributed by atoms with Gasteiger partial charge in [0.1, 0.15) is 17.2 Å². The minimum atomic E-state index is -0.223. The predicted molar refractivity (Wildman–Crippen MR) is 95.2 cm³/mol. The summed E-state index contributed by atoms with van der Waals surface area (Å²) in [5, 5.41) is 9.27. The van der Waals surface area contributed by atoms with Crippen LogP contribution in [0.3, 0.4) is 0 Å². The van der Waals surface area contributed by atoms with E-state index in [1.165, 1.54) is 4.90 Å². The Morgan fingerprint density at radius 1 is 1.25 bits per heavy atom. The van der Waals surface area contributed by atoms with Gasteiger partial charge in [0.05, 0.1) is 17.3 Å². The first-order valence-corrected chi connectivity index (χ1v) is 7.74. The van der Waals surface area contributed by atoms with Crippen LogP contribution in [0.1, 0.15) is 22.6 Å². The SMILES string of the molecule is Cc1cc(/C=C2\C(=O)N(c3ccc(C#N)cc3)C(=S)N2C)oc1C. The van der Waals surface area contributed by atoms with Crippen LogP contribution in [0.2, 0.25) is 0 Å². The summed E-state index contributed by atoms with van der Waals surface area (Å²) < 4.78 is 5.63. The molecule has 0 spiro atoms. The van der Waals surface area contributed by atoms with Crippen LogP contribution in [-0.4, -0.2) is 23.0 Å².